The van der Waals surface area contributed by atoms with Crippen molar-refractivity contribution in [2.24, 2.45) is 28.6 Å². The van der Waals surface area contributed by atoms with Crippen LogP contribution in [-0.4, -0.2) is 44.6 Å². The smallest absolute Gasteiger partial charge is 0.374 e. The highest BCUT2D eigenvalue weighted by molar-refractivity contribution is 6.01. The molecule has 0 saturated heterocycles. The second-order valence-electron chi connectivity index (χ2n) is 9.55. The molecule has 0 bridgehead atoms. The summed E-state index contributed by atoms with van der Waals surface area (Å²) in [6, 6.07) is 0. The van der Waals surface area contributed by atoms with E-state index >= 15 is 4.39 Å². The Hall–Kier alpha value is -1.57. The SMILES string of the molecule is C[C@H]1CC2[C@@H]3CCC4=CC(=O)C=C[C@]4(C)C3(F)[C@@H](O)C[C@]2(C)[C@@]1(O)C(=O)OO. The lowest BCUT2D eigenvalue weighted by atomic mass is 9.45. The van der Waals surface area contributed by atoms with Gasteiger partial charge in [-0.1, -0.05) is 25.5 Å². The third-order valence-corrected chi connectivity index (χ3v) is 8.62. The van der Waals surface area contributed by atoms with Crippen LogP contribution in [-0.2, 0) is 14.5 Å². The zero-order valence-electron chi connectivity index (χ0n) is 16.3. The number of alkyl halides is 1. The van der Waals surface area contributed by atoms with Crippen LogP contribution in [0.25, 0.3) is 0 Å². The third-order valence-electron chi connectivity index (χ3n) is 8.62. The summed E-state index contributed by atoms with van der Waals surface area (Å²) in [5.41, 5.74) is -5.61. The summed E-state index contributed by atoms with van der Waals surface area (Å²) >= 11 is 0. The Labute approximate surface area is 163 Å². The predicted molar refractivity (Wildman–Crippen MR) is 96.6 cm³/mol. The van der Waals surface area contributed by atoms with Gasteiger partial charge in [-0.15, -0.1) is 0 Å². The molecule has 0 heterocycles. The highest BCUT2D eigenvalue weighted by atomic mass is 19.1. The molecule has 2 unspecified atom stereocenters. The van der Waals surface area contributed by atoms with E-state index in [-0.39, 0.29) is 18.1 Å². The molecule has 0 radical (unpaired) electrons. The molecular formula is C21H27FO6. The number of ketones is 1. The molecule has 0 spiro atoms. The molecule has 3 N–H and O–H groups in total. The van der Waals surface area contributed by atoms with Crippen LogP contribution in [0.15, 0.2) is 23.8 Å². The number of rotatable bonds is 1. The molecule has 3 saturated carbocycles. The van der Waals surface area contributed by atoms with Gasteiger partial charge in [0.1, 0.15) is 0 Å². The summed E-state index contributed by atoms with van der Waals surface area (Å²) in [7, 11) is 0. The molecule has 0 aromatic heterocycles. The molecule has 6 nitrogen and oxygen atoms in total. The first-order valence-corrected chi connectivity index (χ1v) is 9.86. The van der Waals surface area contributed by atoms with Crippen molar-refractivity contribution >= 4 is 11.8 Å². The molecule has 3 fully saturated rings. The van der Waals surface area contributed by atoms with Crippen molar-refractivity contribution in [2.45, 2.75) is 63.8 Å². The number of aliphatic hydroxyl groups excluding tert-OH is 1. The second-order valence-corrected chi connectivity index (χ2v) is 9.55. The van der Waals surface area contributed by atoms with Gasteiger partial charge >= 0.3 is 5.97 Å². The summed E-state index contributed by atoms with van der Waals surface area (Å²) in [6.45, 7) is 5.07. The van der Waals surface area contributed by atoms with Gasteiger partial charge in [-0.25, -0.2) is 9.18 Å². The Bertz CT molecular complexity index is 807. The number of carbonyl (C=O) groups is 2. The fourth-order valence-corrected chi connectivity index (χ4v) is 7.05. The maximum Gasteiger partial charge on any atom is 0.374 e. The molecule has 4 rings (SSSR count). The average Bonchev–Trinajstić information content (AvgIpc) is 2.84. The number of hydrogen-bond donors (Lipinski definition) is 3. The van der Waals surface area contributed by atoms with Crippen molar-refractivity contribution in [3.8, 4) is 0 Å². The maximum atomic E-state index is 16.8. The number of allylic oxidation sites excluding steroid dienone is 4. The van der Waals surface area contributed by atoms with E-state index in [0.717, 1.165) is 0 Å². The molecule has 28 heavy (non-hydrogen) atoms. The Balaban J connectivity index is 1.84. The monoisotopic (exact) mass is 394 g/mol. The van der Waals surface area contributed by atoms with Crippen LogP contribution in [0.2, 0.25) is 0 Å². The van der Waals surface area contributed by atoms with Gasteiger partial charge in [0.15, 0.2) is 17.1 Å². The fourth-order valence-electron chi connectivity index (χ4n) is 7.05. The van der Waals surface area contributed by atoms with Crippen LogP contribution in [0.5, 0.6) is 0 Å². The highest BCUT2D eigenvalue weighted by Crippen LogP contribution is 2.70. The van der Waals surface area contributed by atoms with Gasteiger partial charge in [0, 0.05) is 16.7 Å². The van der Waals surface area contributed by atoms with Crippen molar-refractivity contribution < 1.29 is 34.3 Å². The van der Waals surface area contributed by atoms with Crippen molar-refractivity contribution in [1.82, 2.24) is 0 Å². The summed E-state index contributed by atoms with van der Waals surface area (Å²) < 4.78 is 16.8. The third kappa shape index (κ3) is 1.97. The molecule has 0 aromatic rings. The first-order valence-electron chi connectivity index (χ1n) is 9.86. The lowest BCUT2D eigenvalue weighted by molar-refractivity contribution is -0.273. The van der Waals surface area contributed by atoms with E-state index in [1.54, 1.807) is 26.8 Å². The van der Waals surface area contributed by atoms with Gasteiger partial charge in [0.25, 0.3) is 0 Å². The Kier molecular flexibility index (Phi) is 4.04. The largest absolute Gasteiger partial charge is 0.390 e. The summed E-state index contributed by atoms with van der Waals surface area (Å²) in [6.07, 6.45) is 4.09. The van der Waals surface area contributed by atoms with Gasteiger partial charge in [-0.05, 0) is 56.6 Å². The van der Waals surface area contributed by atoms with E-state index in [2.05, 4.69) is 4.89 Å². The Morgan fingerprint density at radius 3 is 2.64 bits per heavy atom. The number of hydrogen-bond acceptors (Lipinski definition) is 6. The molecule has 4 aliphatic carbocycles. The summed E-state index contributed by atoms with van der Waals surface area (Å²) in [4.78, 5) is 28.1. The molecule has 0 aliphatic heterocycles. The average molecular weight is 394 g/mol. The quantitative estimate of drug-likeness (QED) is 0.466. The number of aliphatic hydroxyl groups is 2. The van der Waals surface area contributed by atoms with Gasteiger partial charge in [-0.2, -0.15) is 5.26 Å². The van der Waals surface area contributed by atoms with Crippen LogP contribution in [0.3, 0.4) is 0 Å². The lowest BCUT2D eigenvalue weighted by Crippen LogP contribution is -2.69. The molecular weight excluding hydrogens is 367 g/mol. The molecule has 0 amide bonds. The minimum atomic E-state index is -2.02. The first kappa shape index (κ1) is 19.7. The minimum absolute atomic E-state index is 0.148. The van der Waals surface area contributed by atoms with E-state index in [4.69, 9.17) is 5.26 Å². The molecule has 0 aromatic carbocycles. The molecule has 8 atom stereocenters. The van der Waals surface area contributed by atoms with Crippen molar-refractivity contribution in [3.05, 3.63) is 23.8 Å². The predicted octanol–water partition coefficient (Wildman–Crippen LogP) is 2.35. The van der Waals surface area contributed by atoms with Crippen LogP contribution >= 0.6 is 0 Å². The normalized spacial score (nSPS) is 52.4. The number of halogens is 1. The Morgan fingerprint density at radius 2 is 2.00 bits per heavy atom. The zero-order chi connectivity index (χ0) is 20.7. The standard InChI is InChI=1S/C21H27FO6/c1-11-8-15-14-5-4-12-9-13(23)6-7-18(12,2)20(14,22)16(24)10-19(15,3)21(11,26)17(25)28-27/h6-7,9,11,14-16,24,26-27H,4-5,8,10H2,1-3H3/t11-,14-,15?,16-,18-,19-,20?,21-/m0/s1. The lowest BCUT2D eigenvalue weighted by Gasteiger charge is -2.62. The molecule has 7 heteroatoms. The van der Waals surface area contributed by atoms with Crippen molar-refractivity contribution in [1.29, 1.82) is 0 Å². The van der Waals surface area contributed by atoms with Crippen LogP contribution in [0.1, 0.15) is 46.5 Å². The van der Waals surface area contributed by atoms with Gasteiger partial charge in [0.2, 0.25) is 0 Å². The van der Waals surface area contributed by atoms with E-state index in [1.807, 2.05) is 0 Å². The van der Waals surface area contributed by atoms with E-state index in [0.29, 0.717) is 24.8 Å². The summed E-state index contributed by atoms with van der Waals surface area (Å²) in [5.74, 6) is -2.90. The van der Waals surface area contributed by atoms with Gasteiger partial charge < -0.3 is 10.2 Å². The molecule has 4 aliphatic rings. The van der Waals surface area contributed by atoms with E-state index < -0.39 is 46.0 Å². The van der Waals surface area contributed by atoms with Crippen molar-refractivity contribution in [2.75, 3.05) is 0 Å². The Morgan fingerprint density at radius 1 is 1.32 bits per heavy atom. The molecule has 154 valence electrons. The fraction of sp³-hybridized carbons (Fsp3) is 0.714. The first-order chi connectivity index (χ1) is 13.0. The van der Waals surface area contributed by atoms with Gasteiger partial charge in [-0.3, -0.25) is 9.68 Å². The van der Waals surface area contributed by atoms with E-state index in [9.17, 15) is 19.8 Å². The van der Waals surface area contributed by atoms with Crippen LogP contribution in [0, 0.1) is 28.6 Å². The van der Waals surface area contributed by atoms with Gasteiger partial charge in [0.05, 0.1) is 6.10 Å². The van der Waals surface area contributed by atoms with Crippen molar-refractivity contribution in [3.63, 3.8) is 0 Å². The zero-order valence-corrected chi connectivity index (χ0v) is 16.3. The highest BCUT2D eigenvalue weighted by Gasteiger charge is 2.76. The number of fused-ring (bicyclic) bond motifs is 5. The van der Waals surface area contributed by atoms with Crippen LogP contribution in [0.4, 0.5) is 4.39 Å². The second kappa shape index (κ2) is 5.74. The van der Waals surface area contributed by atoms with E-state index in [1.165, 1.54) is 12.2 Å². The van der Waals surface area contributed by atoms with Crippen LogP contribution < -0.4 is 0 Å². The number of carbonyl (C=O) groups excluding carboxylic acids is 2. The maximum absolute atomic E-state index is 16.8. The summed E-state index contributed by atoms with van der Waals surface area (Å²) in [5, 5.41) is 31.3. The topological polar surface area (TPSA) is 104 Å². The minimum Gasteiger partial charge on any atom is -0.390 e.